The Bertz CT molecular complexity index is 1190. The fourth-order valence-corrected chi connectivity index (χ4v) is 6.72. The number of alkyl halides is 3. The lowest BCUT2D eigenvalue weighted by atomic mass is 10.3. The number of unbranched alkanes of at least 4 members (excludes halogenated alkanes) is 3. The van der Waals surface area contributed by atoms with Gasteiger partial charge in [-0.05, 0) is 85.9 Å². The SMILES string of the molecule is CCCCOc1ccc(P(c2ccc(OCCCC)cc2)c2ccc(OCCCC)cc2)cc1.O=S(=O)(O)CCCC(F)(F)F. The molecule has 0 atom stereocenters. The Balaban J connectivity index is 0.000000547. The molecule has 6 nitrogen and oxygen atoms in total. The zero-order chi connectivity index (χ0) is 33.1. The van der Waals surface area contributed by atoms with Gasteiger partial charge in [-0.2, -0.15) is 21.6 Å². The van der Waals surface area contributed by atoms with E-state index < -0.39 is 42.8 Å². The molecular weight excluding hydrogens is 624 g/mol. The third-order valence-electron chi connectivity index (χ3n) is 6.45. The topological polar surface area (TPSA) is 82.1 Å². The molecule has 0 fully saturated rings. The number of rotatable bonds is 18. The van der Waals surface area contributed by atoms with Crippen LogP contribution in [0.2, 0.25) is 0 Å². The maximum absolute atomic E-state index is 11.4. The van der Waals surface area contributed by atoms with Crippen LogP contribution >= 0.6 is 7.92 Å². The summed E-state index contributed by atoms with van der Waals surface area (Å²) in [6.07, 6.45) is 0.508. The van der Waals surface area contributed by atoms with E-state index in [2.05, 4.69) is 93.6 Å². The number of ether oxygens (including phenoxy) is 3. The van der Waals surface area contributed by atoms with Gasteiger partial charge in [0.25, 0.3) is 10.1 Å². The van der Waals surface area contributed by atoms with Gasteiger partial charge in [0.15, 0.2) is 0 Å². The fourth-order valence-electron chi connectivity index (χ4n) is 3.98. The molecule has 0 heterocycles. The Labute approximate surface area is 267 Å². The van der Waals surface area contributed by atoms with E-state index in [1.807, 2.05) is 0 Å². The second-order valence-electron chi connectivity index (χ2n) is 10.4. The summed E-state index contributed by atoms with van der Waals surface area (Å²) >= 11 is 0. The highest BCUT2D eigenvalue weighted by Gasteiger charge is 2.27. The summed E-state index contributed by atoms with van der Waals surface area (Å²) in [5.41, 5.74) is 0. The first-order chi connectivity index (χ1) is 21.5. The van der Waals surface area contributed by atoms with Crippen molar-refractivity contribution in [3.8, 4) is 17.2 Å². The van der Waals surface area contributed by atoms with E-state index in [4.69, 9.17) is 18.8 Å². The third kappa shape index (κ3) is 16.4. The van der Waals surface area contributed by atoms with E-state index in [1.54, 1.807) is 0 Å². The number of hydrogen-bond acceptors (Lipinski definition) is 5. The molecule has 0 saturated heterocycles. The molecule has 11 heteroatoms. The second kappa shape index (κ2) is 20.3. The molecule has 3 rings (SSSR count). The van der Waals surface area contributed by atoms with Gasteiger partial charge < -0.3 is 14.2 Å². The zero-order valence-corrected chi connectivity index (χ0v) is 28.1. The lowest BCUT2D eigenvalue weighted by molar-refractivity contribution is -0.134. The highest BCUT2D eigenvalue weighted by molar-refractivity contribution is 7.85. The van der Waals surface area contributed by atoms with Crippen LogP contribution in [0.25, 0.3) is 0 Å². The molecule has 45 heavy (non-hydrogen) atoms. The largest absolute Gasteiger partial charge is 0.494 e. The van der Waals surface area contributed by atoms with Crippen molar-refractivity contribution in [3.05, 3.63) is 72.8 Å². The molecule has 0 aromatic heterocycles. The van der Waals surface area contributed by atoms with E-state index in [0.717, 1.165) is 75.6 Å². The molecule has 3 aromatic carbocycles. The van der Waals surface area contributed by atoms with Crippen LogP contribution in [0.3, 0.4) is 0 Å². The maximum Gasteiger partial charge on any atom is 0.389 e. The Morgan fingerprint density at radius 2 is 0.911 bits per heavy atom. The molecular formula is C34H46F3O6PS. The second-order valence-corrected chi connectivity index (χ2v) is 14.2. The summed E-state index contributed by atoms with van der Waals surface area (Å²) in [5, 5.41) is 3.91. The highest BCUT2D eigenvalue weighted by atomic mass is 32.2. The molecule has 0 aliphatic heterocycles. The predicted molar refractivity (Wildman–Crippen MR) is 178 cm³/mol. The Hall–Kier alpha value is -2.81. The molecule has 0 aliphatic rings. The Morgan fingerprint density at radius 3 is 1.16 bits per heavy atom. The molecule has 250 valence electrons. The molecule has 0 unspecified atom stereocenters. The smallest absolute Gasteiger partial charge is 0.389 e. The van der Waals surface area contributed by atoms with Crippen LogP contribution < -0.4 is 30.1 Å². The monoisotopic (exact) mass is 670 g/mol. The summed E-state index contributed by atoms with van der Waals surface area (Å²) in [7, 11) is -4.94. The van der Waals surface area contributed by atoms with Crippen molar-refractivity contribution in [1.82, 2.24) is 0 Å². The molecule has 0 saturated carbocycles. The van der Waals surface area contributed by atoms with Crippen molar-refractivity contribution < 1.29 is 40.4 Å². The minimum absolute atomic E-state index is 0.595. The van der Waals surface area contributed by atoms with Crippen LogP contribution in [0.4, 0.5) is 13.2 Å². The lowest BCUT2D eigenvalue weighted by Crippen LogP contribution is -2.20. The van der Waals surface area contributed by atoms with Crippen LogP contribution in [0.5, 0.6) is 17.2 Å². The van der Waals surface area contributed by atoms with Crippen LogP contribution in [0.1, 0.15) is 72.1 Å². The molecule has 0 radical (unpaired) electrons. The summed E-state index contributed by atoms with van der Waals surface area (Å²) in [6.45, 7) is 8.84. The van der Waals surface area contributed by atoms with Gasteiger partial charge in [-0.1, -0.05) is 76.4 Å². The van der Waals surface area contributed by atoms with Crippen LogP contribution in [-0.2, 0) is 10.1 Å². The highest BCUT2D eigenvalue weighted by Crippen LogP contribution is 2.34. The van der Waals surface area contributed by atoms with E-state index in [9.17, 15) is 21.6 Å². The summed E-state index contributed by atoms with van der Waals surface area (Å²) in [4.78, 5) is 0. The summed E-state index contributed by atoms with van der Waals surface area (Å²) < 4.78 is 79.6. The van der Waals surface area contributed by atoms with Crippen molar-refractivity contribution in [2.75, 3.05) is 25.6 Å². The summed E-state index contributed by atoms with van der Waals surface area (Å²) in [5.74, 6) is 1.97. The molecule has 0 amide bonds. The molecule has 0 spiro atoms. The van der Waals surface area contributed by atoms with Crippen molar-refractivity contribution >= 4 is 34.0 Å². The van der Waals surface area contributed by atoms with Gasteiger partial charge in [-0.3, -0.25) is 4.55 Å². The van der Waals surface area contributed by atoms with Gasteiger partial charge in [0, 0.05) is 6.42 Å². The Morgan fingerprint density at radius 1 is 0.600 bits per heavy atom. The quantitative estimate of drug-likeness (QED) is 0.0835. The Kier molecular flexibility index (Phi) is 17.3. The predicted octanol–water partition coefficient (Wildman–Crippen LogP) is 8.20. The minimum Gasteiger partial charge on any atom is -0.494 e. The fraction of sp³-hybridized carbons (Fsp3) is 0.471. The van der Waals surface area contributed by atoms with Gasteiger partial charge in [0.1, 0.15) is 17.2 Å². The van der Waals surface area contributed by atoms with E-state index in [-0.39, 0.29) is 0 Å². The summed E-state index contributed by atoms with van der Waals surface area (Å²) in [6, 6.07) is 25.9. The molecule has 0 aliphatic carbocycles. The molecule has 0 bridgehead atoms. The first-order valence-electron chi connectivity index (χ1n) is 15.5. The van der Waals surface area contributed by atoms with Gasteiger partial charge >= 0.3 is 6.18 Å². The maximum atomic E-state index is 11.4. The first kappa shape index (κ1) is 38.4. The number of benzene rings is 3. The van der Waals surface area contributed by atoms with Crippen molar-refractivity contribution in [2.24, 2.45) is 0 Å². The van der Waals surface area contributed by atoms with Crippen molar-refractivity contribution in [2.45, 2.75) is 78.3 Å². The van der Waals surface area contributed by atoms with E-state index in [1.165, 1.54) is 15.9 Å². The van der Waals surface area contributed by atoms with Crippen LogP contribution in [0.15, 0.2) is 72.8 Å². The van der Waals surface area contributed by atoms with Gasteiger partial charge in [-0.15, -0.1) is 0 Å². The third-order valence-corrected chi connectivity index (χ3v) is 9.70. The van der Waals surface area contributed by atoms with Gasteiger partial charge in [0.2, 0.25) is 0 Å². The van der Waals surface area contributed by atoms with Gasteiger partial charge in [-0.25, -0.2) is 0 Å². The molecule has 1 N–H and O–H groups in total. The first-order valence-corrected chi connectivity index (χ1v) is 18.4. The lowest BCUT2D eigenvalue weighted by Gasteiger charge is -2.20. The zero-order valence-electron chi connectivity index (χ0n) is 26.4. The average Bonchev–Trinajstić information content (AvgIpc) is 2.99. The van der Waals surface area contributed by atoms with Crippen molar-refractivity contribution in [3.63, 3.8) is 0 Å². The molecule has 3 aromatic rings. The normalized spacial score (nSPS) is 11.6. The minimum atomic E-state index is -4.36. The van der Waals surface area contributed by atoms with E-state index in [0.29, 0.717) is 0 Å². The standard InChI is InChI=1S/C30H39O3P.C4H7F3O3S/c1-4-7-22-31-25-10-16-28(17-11-25)34(29-18-12-26(13-19-29)32-23-8-5-2)30-20-14-27(15-21-30)33-24-9-6-3;5-4(6,7)2-1-3-11(8,9)10/h10-21H,4-9,22-24H2,1-3H3;1-3H2,(H,8,9,10). The number of hydrogen-bond donors (Lipinski definition) is 1. The van der Waals surface area contributed by atoms with Crippen LogP contribution in [0, 0.1) is 0 Å². The average molecular weight is 671 g/mol. The van der Waals surface area contributed by atoms with Crippen molar-refractivity contribution in [1.29, 1.82) is 0 Å². The van der Waals surface area contributed by atoms with Crippen LogP contribution in [-0.4, -0.2) is 44.7 Å². The van der Waals surface area contributed by atoms with Gasteiger partial charge in [0.05, 0.1) is 25.6 Å². The number of halogens is 3. The van der Waals surface area contributed by atoms with E-state index >= 15 is 0 Å².